The summed E-state index contributed by atoms with van der Waals surface area (Å²) in [5.41, 5.74) is 7.82. The molecule has 102 valence electrons. The molecule has 0 spiro atoms. The third kappa shape index (κ3) is 1.93. The van der Waals surface area contributed by atoms with Crippen LogP contribution in [0.15, 0.2) is 42.5 Å². The van der Waals surface area contributed by atoms with E-state index >= 15 is 0 Å². The zero-order chi connectivity index (χ0) is 14.3. The summed E-state index contributed by atoms with van der Waals surface area (Å²) in [6.45, 7) is 1.96. The highest BCUT2D eigenvalue weighted by atomic mass is 35.5. The first kappa shape index (κ1) is 12.9. The molecule has 2 aromatic carbocycles. The van der Waals surface area contributed by atoms with E-state index in [1.165, 1.54) is 6.07 Å². The van der Waals surface area contributed by atoms with E-state index in [0.29, 0.717) is 10.5 Å². The van der Waals surface area contributed by atoms with Gasteiger partial charge in [0.25, 0.3) is 0 Å². The fraction of sp³-hybridized carbons (Fsp3) is 0.133. The normalized spacial score (nSPS) is 12.8. The highest BCUT2D eigenvalue weighted by Crippen LogP contribution is 2.31. The number of hydrogen-bond donors (Lipinski definition) is 1. The van der Waals surface area contributed by atoms with Crippen molar-refractivity contribution in [3.63, 3.8) is 0 Å². The van der Waals surface area contributed by atoms with Crippen molar-refractivity contribution >= 4 is 28.6 Å². The summed E-state index contributed by atoms with van der Waals surface area (Å²) < 4.78 is 15.6. The molecule has 0 saturated carbocycles. The topological polar surface area (TPSA) is 43.8 Å². The van der Waals surface area contributed by atoms with Crippen molar-refractivity contribution in [3.8, 4) is 0 Å². The van der Waals surface area contributed by atoms with Gasteiger partial charge in [0.15, 0.2) is 5.82 Å². The maximum atomic E-state index is 13.8. The number of para-hydroxylation sites is 1. The average Bonchev–Trinajstić information content (AvgIpc) is 2.76. The van der Waals surface area contributed by atoms with Crippen LogP contribution < -0.4 is 5.73 Å². The van der Waals surface area contributed by atoms with Gasteiger partial charge in [-0.15, -0.1) is 0 Å². The molecule has 2 N–H and O–H groups in total. The zero-order valence-corrected chi connectivity index (χ0v) is 11.6. The minimum Gasteiger partial charge on any atom is -0.369 e. The molecule has 1 unspecified atom stereocenters. The van der Waals surface area contributed by atoms with Crippen LogP contribution in [0.5, 0.6) is 0 Å². The molecule has 0 fully saturated rings. The van der Waals surface area contributed by atoms with Gasteiger partial charge in [-0.3, -0.25) is 0 Å². The number of hydrogen-bond acceptors (Lipinski definition) is 2. The van der Waals surface area contributed by atoms with Gasteiger partial charge in [0.05, 0.1) is 11.6 Å². The largest absolute Gasteiger partial charge is 0.369 e. The molecule has 20 heavy (non-hydrogen) atoms. The van der Waals surface area contributed by atoms with E-state index in [1.54, 1.807) is 16.7 Å². The van der Waals surface area contributed by atoms with Crippen LogP contribution in [0.2, 0.25) is 5.02 Å². The summed E-state index contributed by atoms with van der Waals surface area (Å²) in [4.78, 5) is 4.11. The SMILES string of the molecule is CC(c1ccccc1Cl)n1c(N)nc2c(F)cccc21. The van der Waals surface area contributed by atoms with E-state index in [2.05, 4.69) is 4.98 Å². The van der Waals surface area contributed by atoms with Crippen molar-refractivity contribution < 1.29 is 4.39 Å². The summed E-state index contributed by atoms with van der Waals surface area (Å²) in [6.07, 6.45) is 0. The Bertz CT molecular complexity index is 782. The second-order valence-corrected chi connectivity index (χ2v) is 5.05. The number of rotatable bonds is 2. The lowest BCUT2D eigenvalue weighted by Gasteiger charge is -2.17. The lowest BCUT2D eigenvalue weighted by Crippen LogP contribution is -2.10. The maximum Gasteiger partial charge on any atom is 0.201 e. The van der Waals surface area contributed by atoms with E-state index < -0.39 is 0 Å². The van der Waals surface area contributed by atoms with E-state index in [4.69, 9.17) is 17.3 Å². The van der Waals surface area contributed by atoms with E-state index in [0.717, 1.165) is 5.56 Å². The average molecular weight is 290 g/mol. The van der Waals surface area contributed by atoms with Gasteiger partial charge in [-0.05, 0) is 30.7 Å². The Morgan fingerprint density at radius 3 is 2.70 bits per heavy atom. The van der Waals surface area contributed by atoms with E-state index in [-0.39, 0.29) is 23.3 Å². The lowest BCUT2D eigenvalue weighted by molar-refractivity contribution is 0.636. The Morgan fingerprint density at radius 2 is 1.95 bits per heavy atom. The van der Waals surface area contributed by atoms with Crippen LogP contribution in [-0.4, -0.2) is 9.55 Å². The van der Waals surface area contributed by atoms with Gasteiger partial charge < -0.3 is 10.3 Å². The summed E-state index contributed by atoms with van der Waals surface area (Å²) in [6, 6.07) is 12.2. The predicted octanol–water partition coefficient (Wildman–Crippen LogP) is 4.02. The maximum absolute atomic E-state index is 13.8. The molecule has 0 bridgehead atoms. The first-order valence-electron chi connectivity index (χ1n) is 6.26. The van der Waals surface area contributed by atoms with Crippen LogP contribution in [0, 0.1) is 5.82 Å². The van der Waals surface area contributed by atoms with Crippen molar-refractivity contribution in [2.45, 2.75) is 13.0 Å². The summed E-state index contributed by atoms with van der Waals surface area (Å²) in [5, 5.41) is 0.651. The second kappa shape index (κ2) is 4.80. The Labute approximate surface area is 120 Å². The number of nitrogen functional groups attached to an aromatic ring is 1. The van der Waals surface area contributed by atoms with Crippen molar-refractivity contribution in [1.29, 1.82) is 0 Å². The third-order valence-electron chi connectivity index (χ3n) is 3.44. The molecule has 0 aliphatic rings. The molecule has 0 saturated heterocycles. The number of benzene rings is 2. The molecule has 1 aromatic heterocycles. The van der Waals surface area contributed by atoms with Gasteiger partial charge in [0.1, 0.15) is 5.52 Å². The summed E-state index contributed by atoms with van der Waals surface area (Å²) in [7, 11) is 0. The Hall–Kier alpha value is -2.07. The number of nitrogens with zero attached hydrogens (tertiary/aromatic N) is 2. The van der Waals surface area contributed by atoms with Crippen LogP contribution in [0.3, 0.4) is 0 Å². The van der Waals surface area contributed by atoms with Gasteiger partial charge in [-0.1, -0.05) is 35.9 Å². The molecular weight excluding hydrogens is 277 g/mol. The number of aromatic nitrogens is 2. The smallest absolute Gasteiger partial charge is 0.201 e. The number of halogens is 2. The van der Waals surface area contributed by atoms with Crippen molar-refractivity contribution in [2.24, 2.45) is 0 Å². The fourth-order valence-electron chi connectivity index (χ4n) is 2.46. The zero-order valence-electron chi connectivity index (χ0n) is 10.8. The highest BCUT2D eigenvalue weighted by Gasteiger charge is 2.18. The van der Waals surface area contributed by atoms with E-state index in [9.17, 15) is 4.39 Å². The van der Waals surface area contributed by atoms with Crippen molar-refractivity contribution in [2.75, 3.05) is 5.73 Å². The minimum absolute atomic E-state index is 0.129. The predicted molar refractivity (Wildman–Crippen MR) is 79.4 cm³/mol. The highest BCUT2D eigenvalue weighted by molar-refractivity contribution is 6.31. The molecule has 0 aliphatic carbocycles. The molecular formula is C15H13ClFN3. The van der Waals surface area contributed by atoms with Crippen LogP contribution >= 0.6 is 11.6 Å². The number of anilines is 1. The molecule has 3 rings (SSSR count). The lowest BCUT2D eigenvalue weighted by atomic mass is 10.1. The molecule has 1 atom stereocenters. The molecule has 3 aromatic rings. The molecule has 0 amide bonds. The van der Waals surface area contributed by atoms with Gasteiger partial charge >= 0.3 is 0 Å². The number of fused-ring (bicyclic) bond motifs is 1. The number of imidazole rings is 1. The van der Waals surface area contributed by atoms with Crippen LogP contribution in [-0.2, 0) is 0 Å². The molecule has 1 heterocycles. The quantitative estimate of drug-likeness (QED) is 0.774. The van der Waals surface area contributed by atoms with Crippen molar-refractivity contribution in [3.05, 3.63) is 58.9 Å². The standard InChI is InChI=1S/C15H13ClFN3/c1-9(10-5-2-3-6-11(10)16)20-13-8-4-7-12(17)14(13)19-15(20)18/h2-9H,1H3,(H2,18,19). The molecule has 5 heteroatoms. The monoisotopic (exact) mass is 289 g/mol. The first-order valence-corrected chi connectivity index (χ1v) is 6.63. The minimum atomic E-state index is -0.376. The van der Waals surface area contributed by atoms with Crippen molar-refractivity contribution in [1.82, 2.24) is 9.55 Å². The molecule has 3 nitrogen and oxygen atoms in total. The fourth-order valence-corrected chi connectivity index (χ4v) is 2.75. The summed E-state index contributed by atoms with van der Waals surface area (Å²) in [5.74, 6) is -0.100. The van der Waals surface area contributed by atoms with Crippen LogP contribution in [0.1, 0.15) is 18.5 Å². The Balaban J connectivity index is 2.22. The third-order valence-corrected chi connectivity index (χ3v) is 3.79. The van der Waals surface area contributed by atoms with Gasteiger partial charge in [-0.25, -0.2) is 9.37 Å². The van der Waals surface area contributed by atoms with Crippen LogP contribution in [0.25, 0.3) is 11.0 Å². The Kier molecular flexibility index (Phi) is 3.10. The second-order valence-electron chi connectivity index (χ2n) is 4.65. The van der Waals surface area contributed by atoms with Crippen LogP contribution in [0.4, 0.5) is 10.3 Å². The van der Waals surface area contributed by atoms with E-state index in [1.807, 2.05) is 31.2 Å². The molecule has 0 aliphatic heterocycles. The van der Waals surface area contributed by atoms with Gasteiger partial charge in [-0.2, -0.15) is 0 Å². The number of nitrogens with two attached hydrogens (primary N) is 1. The van der Waals surface area contributed by atoms with Gasteiger partial charge in [0.2, 0.25) is 5.95 Å². The first-order chi connectivity index (χ1) is 9.59. The van der Waals surface area contributed by atoms with Gasteiger partial charge in [0, 0.05) is 5.02 Å². The molecule has 0 radical (unpaired) electrons. The summed E-state index contributed by atoms with van der Waals surface area (Å²) >= 11 is 6.22. The Morgan fingerprint density at radius 1 is 1.20 bits per heavy atom.